The number of unbranched alkanes of at least 4 members (excludes halogenated alkanes) is 2. The Labute approximate surface area is 183 Å². The Bertz CT molecular complexity index is 974. The molecule has 0 amide bonds. The first-order valence-corrected chi connectivity index (χ1v) is 11.3. The quantitative estimate of drug-likeness (QED) is 0.625. The zero-order valence-corrected chi connectivity index (χ0v) is 18.3. The third-order valence-electron chi connectivity index (χ3n) is 5.84. The van der Waals surface area contributed by atoms with Crippen molar-refractivity contribution in [2.45, 2.75) is 26.2 Å². The molecule has 0 aliphatic carbocycles. The van der Waals surface area contributed by atoms with E-state index in [1.165, 1.54) is 18.9 Å². The van der Waals surface area contributed by atoms with Crippen LogP contribution in [-0.4, -0.2) is 55.8 Å². The first-order chi connectivity index (χ1) is 15.2. The minimum Gasteiger partial charge on any atom is -0.492 e. The lowest BCUT2D eigenvalue weighted by Crippen LogP contribution is -2.46. The van der Waals surface area contributed by atoms with Crippen LogP contribution in [0.4, 0.5) is 10.1 Å². The number of anilines is 1. The predicted octanol–water partition coefficient (Wildman–Crippen LogP) is 2.31. The van der Waals surface area contributed by atoms with Gasteiger partial charge in [-0.3, -0.25) is 9.91 Å². The average Bonchev–Trinajstić information content (AvgIpc) is 2.80. The molecule has 31 heavy (non-hydrogen) atoms. The van der Waals surface area contributed by atoms with Gasteiger partial charge in [-0.1, -0.05) is 24.6 Å². The van der Waals surface area contributed by atoms with Crippen molar-refractivity contribution in [1.82, 2.24) is 15.4 Å². The molecule has 0 unspecified atom stereocenters. The van der Waals surface area contributed by atoms with Crippen LogP contribution in [0.3, 0.4) is 0 Å². The van der Waals surface area contributed by atoms with E-state index in [9.17, 15) is 4.39 Å². The number of hydrazine groups is 1. The summed E-state index contributed by atoms with van der Waals surface area (Å²) < 4.78 is 19.5. The monoisotopic (exact) mass is 425 g/mol. The number of nitrogens with one attached hydrogen (secondary N) is 1. The third kappa shape index (κ3) is 5.67. The Morgan fingerprint density at radius 1 is 1.00 bits per heavy atom. The summed E-state index contributed by atoms with van der Waals surface area (Å²) in [6.07, 6.45) is 5.63. The molecular formula is C24H32FN5O. The molecule has 2 heterocycles. The van der Waals surface area contributed by atoms with Crippen LogP contribution in [0.15, 0.2) is 47.6 Å². The summed E-state index contributed by atoms with van der Waals surface area (Å²) in [5.41, 5.74) is 3.98. The molecule has 1 fully saturated rings. The summed E-state index contributed by atoms with van der Waals surface area (Å²) in [5, 5.41) is 8.61. The van der Waals surface area contributed by atoms with E-state index in [0.29, 0.717) is 6.61 Å². The van der Waals surface area contributed by atoms with Crippen LogP contribution < -0.4 is 25.7 Å². The lowest BCUT2D eigenvalue weighted by atomic mass is 10.2. The van der Waals surface area contributed by atoms with E-state index in [-0.39, 0.29) is 5.82 Å². The Kier molecular flexibility index (Phi) is 7.25. The second kappa shape index (κ2) is 10.5. The summed E-state index contributed by atoms with van der Waals surface area (Å²) in [7, 11) is 0. The van der Waals surface area contributed by atoms with Gasteiger partial charge >= 0.3 is 0 Å². The van der Waals surface area contributed by atoms with E-state index < -0.39 is 0 Å². The van der Waals surface area contributed by atoms with Crippen molar-refractivity contribution < 1.29 is 9.13 Å². The molecule has 2 aliphatic heterocycles. The van der Waals surface area contributed by atoms with E-state index in [1.54, 1.807) is 12.1 Å². The molecule has 1 saturated heterocycles. The largest absolute Gasteiger partial charge is 0.492 e. The highest BCUT2D eigenvalue weighted by Gasteiger charge is 2.20. The zero-order valence-electron chi connectivity index (χ0n) is 18.3. The number of ether oxygens (including phenoxy) is 1. The fourth-order valence-electron chi connectivity index (χ4n) is 4.15. The number of para-hydroxylation sites is 1. The van der Waals surface area contributed by atoms with E-state index in [2.05, 4.69) is 37.7 Å². The summed E-state index contributed by atoms with van der Waals surface area (Å²) in [5.74, 6) is 0.562. The minimum absolute atomic E-state index is 0.211. The van der Waals surface area contributed by atoms with Crippen LogP contribution >= 0.6 is 0 Å². The van der Waals surface area contributed by atoms with Crippen molar-refractivity contribution in [2.24, 2.45) is 5.10 Å². The molecule has 2 aromatic rings. The maximum absolute atomic E-state index is 13.8. The summed E-state index contributed by atoms with van der Waals surface area (Å²) in [6.45, 7) is 8.40. The Hall–Kier alpha value is -2.80. The van der Waals surface area contributed by atoms with Crippen LogP contribution in [-0.2, 0) is 0 Å². The number of benzene rings is 2. The topological polar surface area (TPSA) is 43.3 Å². The van der Waals surface area contributed by atoms with Crippen molar-refractivity contribution >= 4 is 11.9 Å². The van der Waals surface area contributed by atoms with Crippen molar-refractivity contribution in [2.75, 3.05) is 50.8 Å². The predicted molar refractivity (Wildman–Crippen MR) is 122 cm³/mol. The van der Waals surface area contributed by atoms with Crippen molar-refractivity contribution in [3.8, 4) is 5.75 Å². The fraction of sp³-hybridized carbons (Fsp3) is 0.458. The molecule has 0 atom stereocenters. The number of rotatable bonds is 9. The van der Waals surface area contributed by atoms with Gasteiger partial charge in [-0.15, -0.1) is 0 Å². The van der Waals surface area contributed by atoms with Crippen LogP contribution in [0, 0.1) is 5.82 Å². The van der Waals surface area contributed by atoms with Crippen LogP contribution in [0.1, 0.15) is 26.2 Å². The Morgan fingerprint density at radius 3 is 2.65 bits per heavy atom. The smallest absolute Gasteiger partial charge is 0.142 e. The van der Waals surface area contributed by atoms with Gasteiger partial charge in [0.2, 0.25) is 0 Å². The molecule has 166 valence electrons. The first-order valence-electron chi connectivity index (χ1n) is 11.3. The van der Waals surface area contributed by atoms with Crippen LogP contribution in [0.25, 0.3) is 6.20 Å². The van der Waals surface area contributed by atoms with Gasteiger partial charge in [0.1, 0.15) is 11.6 Å². The van der Waals surface area contributed by atoms with Crippen LogP contribution in [0.2, 0.25) is 0 Å². The highest BCUT2D eigenvalue weighted by atomic mass is 19.1. The van der Waals surface area contributed by atoms with E-state index in [0.717, 1.165) is 67.7 Å². The molecular weight excluding hydrogens is 393 g/mol. The highest BCUT2D eigenvalue weighted by Crippen LogP contribution is 2.30. The lowest BCUT2D eigenvalue weighted by Gasteiger charge is -2.36. The molecule has 1 N–H and O–H groups in total. The summed E-state index contributed by atoms with van der Waals surface area (Å²) in [4.78, 5) is 4.75. The number of halogens is 1. The molecule has 0 radical (unpaired) electrons. The second-order valence-corrected chi connectivity index (χ2v) is 8.03. The SMILES string of the molecule is CCOc1ccc(F)cc1N1CCN(CCCCCN2C=c3ccccc3=NN2)CC1. The van der Waals surface area contributed by atoms with E-state index in [1.807, 2.05) is 25.1 Å². The molecule has 2 aliphatic rings. The Morgan fingerprint density at radius 2 is 1.81 bits per heavy atom. The summed E-state index contributed by atoms with van der Waals surface area (Å²) in [6, 6.07) is 12.9. The molecule has 0 saturated carbocycles. The number of hydrogen-bond acceptors (Lipinski definition) is 6. The van der Waals surface area contributed by atoms with Gasteiger partial charge in [0.15, 0.2) is 0 Å². The van der Waals surface area contributed by atoms with Crippen molar-refractivity contribution in [3.63, 3.8) is 0 Å². The maximum atomic E-state index is 13.8. The average molecular weight is 426 g/mol. The van der Waals surface area contributed by atoms with E-state index in [4.69, 9.17) is 4.74 Å². The van der Waals surface area contributed by atoms with Gasteiger partial charge in [0, 0.05) is 50.2 Å². The van der Waals surface area contributed by atoms with Gasteiger partial charge in [-0.25, -0.2) is 9.93 Å². The van der Waals surface area contributed by atoms with Crippen LogP contribution in [0.5, 0.6) is 5.75 Å². The minimum atomic E-state index is -0.211. The molecule has 6 nitrogen and oxygen atoms in total. The normalized spacial score (nSPS) is 16.2. The standard InChI is InChI=1S/C24H32FN5O/c1-2-31-24-11-10-21(25)18-23(24)29-16-14-28(15-17-29)12-6-3-7-13-30-19-20-8-4-5-9-22(20)26-27-30/h4-5,8-11,18-19,27H,2-3,6-7,12-17H2,1H3. The molecule has 0 spiro atoms. The van der Waals surface area contributed by atoms with Gasteiger partial charge in [0.05, 0.1) is 17.7 Å². The highest BCUT2D eigenvalue weighted by molar-refractivity contribution is 5.59. The van der Waals surface area contributed by atoms with Gasteiger partial charge in [0.25, 0.3) is 0 Å². The molecule has 2 aromatic carbocycles. The van der Waals surface area contributed by atoms with E-state index >= 15 is 0 Å². The van der Waals surface area contributed by atoms with Gasteiger partial charge < -0.3 is 9.64 Å². The third-order valence-corrected chi connectivity index (χ3v) is 5.84. The number of nitrogens with zero attached hydrogens (tertiary/aromatic N) is 4. The lowest BCUT2D eigenvalue weighted by molar-refractivity contribution is 0.245. The Balaban J connectivity index is 1.16. The van der Waals surface area contributed by atoms with Crippen molar-refractivity contribution in [3.05, 3.63) is 58.9 Å². The van der Waals surface area contributed by atoms with Crippen molar-refractivity contribution in [1.29, 1.82) is 0 Å². The number of hydrogen-bond donors (Lipinski definition) is 1. The second-order valence-electron chi connectivity index (χ2n) is 8.03. The molecule has 0 aromatic heterocycles. The summed E-state index contributed by atoms with van der Waals surface area (Å²) >= 11 is 0. The molecule has 7 heteroatoms. The number of piperazine rings is 1. The van der Waals surface area contributed by atoms with Gasteiger partial charge in [-0.2, -0.15) is 5.10 Å². The molecule has 4 rings (SSSR count). The molecule has 0 bridgehead atoms. The number of fused-ring (bicyclic) bond motifs is 1. The van der Waals surface area contributed by atoms with Gasteiger partial charge in [-0.05, 0) is 44.5 Å². The first kappa shape index (κ1) is 21.4. The maximum Gasteiger partial charge on any atom is 0.142 e. The zero-order chi connectivity index (χ0) is 21.5. The fourth-order valence-corrected chi connectivity index (χ4v) is 4.15.